The maximum Gasteiger partial charge on any atom is 0.335 e. The first-order chi connectivity index (χ1) is 8.97. The summed E-state index contributed by atoms with van der Waals surface area (Å²) >= 11 is 0. The van der Waals surface area contributed by atoms with E-state index in [0.29, 0.717) is 29.9 Å². The first-order valence-electron chi connectivity index (χ1n) is 6.19. The number of urea groups is 1. The molecule has 0 unspecified atom stereocenters. The maximum absolute atomic E-state index is 12.6. The van der Waals surface area contributed by atoms with Gasteiger partial charge in [-0.1, -0.05) is 6.42 Å². The van der Waals surface area contributed by atoms with Gasteiger partial charge in [0.15, 0.2) is 0 Å². The summed E-state index contributed by atoms with van der Waals surface area (Å²) in [5.41, 5.74) is 0.584. The van der Waals surface area contributed by atoms with Crippen LogP contribution in [0.1, 0.15) is 30.7 Å². The molecule has 0 radical (unpaired) electrons. The molecule has 100 valence electrons. The topological polar surface area (TPSA) is 95.2 Å². The summed E-state index contributed by atoms with van der Waals surface area (Å²) in [6.07, 6.45) is 1.82. The van der Waals surface area contributed by atoms with Gasteiger partial charge < -0.3 is 0 Å². The summed E-state index contributed by atoms with van der Waals surface area (Å²) < 4.78 is 0. The van der Waals surface area contributed by atoms with E-state index in [4.69, 9.17) is 0 Å². The van der Waals surface area contributed by atoms with Gasteiger partial charge in [0.05, 0.1) is 17.1 Å². The van der Waals surface area contributed by atoms with E-state index in [-0.39, 0.29) is 0 Å². The van der Waals surface area contributed by atoms with Gasteiger partial charge in [-0.3, -0.25) is 20.0 Å². The Morgan fingerprint density at radius 3 is 2.37 bits per heavy atom. The van der Waals surface area contributed by atoms with Crippen molar-refractivity contribution in [3.05, 3.63) is 11.4 Å². The van der Waals surface area contributed by atoms with E-state index in [9.17, 15) is 14.4 Å². The van der Waals surface area contributed by atoms with Crippen LogP contribution in [0.4, 0.5) is 10.5 Å². The molecule has 7 nitrogen and oxygen atoms in total. The Kier molecular flexibility index (Phi) is 2.29. The van der Waals surface area contributed by atoms with Crippen molar-refractivity contribution in [1.82, 2.24) is 15.5 Å². The van der Waals surface area contributed by atoms with Crippen molar-refractivity contribution in [3.8, 4) is 0 Å². The third kappa shape index (κ3) is 1.38. The van der Waals surface area contributed by atoms with Gasteiger partial charge in [0, 0.05) is 0 Å². The number of carbonyl (C=O) groups is 3. The Hall–Kier alpha value is -2.18. The van der Waals surface area contributed by atoms with Crippen LogP contribution in [-0.4, -0.2) is 28.0 Å². The molecular formula is C12H14N4O3. The second-order valence-electron chi connectivity index (χ2n) is 5.12. The molecule has 0 aromatic carbocycles. The highest BCUT2D eigenvalue weighted by Crippen LogP contribution is 2.45. The molecule has 1 aromatic heterocycles. The number of anilines is 1. The SMILES string of the molecule is Cc1n[nH]c(C)c1N1C(=O)NC(=O)C2(CCC2)C1=O. The summed E-state index contributed by atoms with van der Waals surface area (Å²) in [6.45, 7) is 3.45. The molecule has 1 saturated carbocycles. The van der Waals surface area contributed by atoms with Crippen LogP contribution in [0, 0.1) is 19.3 Å². The highest BCUT2D eigenvalue weighted by atomic mass is 16.2. The number of carbonyl (C=O) groups excluding carboxylic acids is 3. The number of nitrogens with zero attached hydrogens (tertiary/aromatic N) is 2. The van der Waals surface area contributed by atoms with E-state index in [2.05, 4.69) is 15.5 Å². The average Bonchev–Trinajstić information content (AvgIpc) is 2.58. The molecule has 2 fully saturated rings. The summed E-state index contributed by atoms with van der Waals surface area (Å²) in [7, 11) is 0. The summed E-state index contributed by atoms with van der Waals surface area (Å²) in [5.74, 6) is -0.899. The molecule has 1 saturated heterocycles. The van der Waals surface area contributed by atoms with Gasteiger partial charge >= 0.3 is 6.03 Å². The molecule has 2 aliphatic rings. The minimum Gasteiger partial charge on any atom is -0.280 e. The first-order valence-corrected chi connectivity index (χ1v) is 6.19. The van der Waals surface area contributed by atoms with Crippen molar-refractivity contribution in [3.63, 3.8) is 0 Å². The Labute approximate surface area is 109 Å². The van der Waals surface area contributed by atoms with Crippen LogP contribution >= 0.6 is 0 Å². The fraction of sp³-hybridized carbons (Fsp3) is 0.500. The first kappa shape index (κ1) is 11.9. The summed E-state index contributed by atoms with van der Waals surface area (Å²) in [4.78, 5) is 37.5. The zero-order valence-corrected chi connectivity index (χ0v) is 10.7. The second kappa shape index (κ2) is 3.66. The van der Waals surface area contributed by atoms with Crippen LogP contribution < -0.4 is 10.2 Å². The number of rotatable bonds is 1. The smallest absolute Gasteiger partial charge is 0.280 e. The van der Waals surface area contributed by atoms with Crippen LogP contribution in [0.15, 0.2) is 0 Å². The largest absolute Gasteiger partial charge is 0.335 e. The molecule has 3 rings (SSSR count). The van der Waals surface area contributed by atoms with Crippen LogP contribution in [0.25, 0.3) is 0 Å². The lowest BCUT2D eigenvalue weighted by Gasteiger charge is -2.44. The van der Waals surface area contributed by atoms with Crippen molar-refractivity contribution in [2.24, 2.45) is 5.41 Å². The molecule has 1 aliphatic carbocycles. The van der Waals surface area contributed by atoms with E-state index in [1.165, 1.54) is 0 Å². The molecule has 1 spiro atoms. The Balaban J connectivity index is 2.08. The minimum atomic E-state index is -1.05. The molecule has 4 amide bonds. The monoisotopic (exact) mass is 262 g/mol. The third-order valence-electron chi connectivity index (χ3n) is 3.99. The molecule has 0 bridgehead atoms. The Morgan fingerprint density at radius 2 is 1.89 bits per heavy atom. The standard InChI is InChI=1S/C12H14N4O3/c1-6-8(7(2)15-14-6)16-10(18)12(4-3-5-12)9(17)13-11(16)19/h3-5H2,1-2H3,(H,14,15)(H,13,17,19). The van der Waals surface area contributed by atoms with Gasteiger partial charge in [0.1, 0.15) is 5.41 Å². The van der Waals surface area contributed by atoms with Crippen LogP contribution in [0.2, 0.25) is 0 Å². The number of hydrogen-bond donors (Lipinski definition) is 2. The molecule has 2 N–H and O–H groups in total. The molecule has 1 aromatic rings. The lowest BCUT2D eigenvalue weighted by Crippen LogP contribution is -2.66. The predicted molar refractivity (Wildman–Crippen MR) is 65.4 cm³/mol. The van der Waals surface area contributed by atoms with E-state index in [1.54, 1.807) is 13.8 Å². The molecular weight excluding hydrogens is 248 g/mol. The van der Waals surface area contributed by atoms with E-state index < -0.39 is 23.3 Å². The summed E-state index contributed by atoms with van der Waals surface area (Å²) in [5, 5.41) is 9.01. The van der Waals surface area contributed by atoms with Gasteiger partial charge in [-0.05, 0) is 26.7 Å². The number of nitrogens with one attached hydrogen (secondary N) is 2. The van der Waals surface area contributed by atoms with Crippen LogP contribution in [0.5, 0.6) is 0 Å². The van der Waals surface area contributed by atoms with Crippen LogP contribution in [-0.2, 0) is 9.59 Å². The number of aromatic amines is 1. The van der Waals surface area contributed by atoms with Gasteiger partial charge in [-0.2, -0.15) is 5.10 Å². The predicted octanol–water partition coefficient (Wildman–Crippen LogP) is 0.780. The van der Waals surface area contributed by atoms with Crippen molar-refractivity contribution in [2.45, 2.75) is 33.1 Å². The number of H-pyrrole nitrogens is 1. The zero-order chi connectivity index (χ0) is 13.8. The van der Waals surface area contributed by atoms with Crippen LogP contribution in [0.3, 0.4) is 0 Å². The second-order valence-corrected chi connectivity index (χ2v) is 5.12. The van der Waals surface area contributed by atoms with E-state index in [1.807, 2.05) is 0 Å². The summed E-state index contributed by atoms with van der Waals surface area (Å²) in [6, 6.07) is -0.694. The van der Waals surface area contributed by atoms with Gasteiger partial charge in [0.25, 0.3) is 5.91 Å². The van der Waals surface area contributed by atoms with E-state index >= 15 is 0 Å². The third-order valence-corrected chi connectivity index (χ3v) is 3.99. The van der Waals surface area contributed by atoms with Crippen molar-refractivity contribution in [2.75, 3.05) is 4.90 Å². The number of amides is 4. The maximum atomic E-state index is 12.6. The number of barbiturate groups is 1. The molecule has 19 heavy (non-hydrogen) atoms. The molecule has 2 heterocycles. The van der Waals surface area contributed by atoms with Crippen molar-refractivity contribution < 1.29 is 14.4 Å². The molecule has 1 aliphatic heterocycles. The average molecular weight is 262 g/mol. The molecule has 7 heteroatoms. The van der Waals surface area contributed by atoms with Gasteiger partial charge in [-0.25, -0.2) is 9.69 Å². The number of hydrogen-bond acceptors (Lipinski definition) is 4. The lowest BCUT2D eigenvalue weighted by atomic mass is 9.66. The Bertz CT molecular complexity index is 581. The minimum absolute atomic E-state index is 0.430. The number of aromatic nitrogens is 2. The zero-order valence-electron chi connectivity index (χ0n) is 10.7. The highest BCUT2D eigenvalue weighted by Gasteiger charge is 2.58. The number of aryl methyl sites for hydroxylation is 2. The van der Waals surface area contributed by atoms with Crippen molar-refractivity contribution >= 4 is 23.5 Å². The van der Waals surface area contributed by atoms with Crippen molar-refractivity contribution in [1.29, 1.82) is 0 Å². The lowest BCUT2D eigenvalue weighted by molar-refractivity contribution is -0.148. The normalized spacial score (nSPS) is 21.6. The fourth-order valence-corrected chi connectivity index (χ4v) is 2.72. The fourth-order valence-electron chi connectivity index (χ4n) is 2.72. The van der Waals surface area contributed by atoms with E-state index in [0.717, 1.165) is 11.3 Å². The Morgan fingerprint density at radius 1 is 1.21 bits per heavy atom. The van der Waals surface area contributed by atoms with Gasteiger partial charge in [0.2, 0.25) is 5.91 Å². The highest BCUT2D eigenvalue weighted by molar-refractivity contribution is 6.30. The molecule has 0 atom stereocenters. The number of imide groups is 2. The quantitative estimate of drug-likeness (QED) is 0.731. The van der Waals surface area contributed by atoms with Gasteiger partial charge in [-0.15, -0.1) is 0 Å².